The van der Waals surface area contributed by atoms with Crippen LogP contribution >= 0.6 is 11.8 Å². The van der Waals surface area contributed by atoms with E-state index in [1.807, 2.05) is 12.3 Å². The Labute approximate surface area is 120 Å². The van der Waals surface area contributed by atoms with Crippen LogP contribution in [0.15, 0.2) is 53.4 Å². The molecule has 0 heterocycles. The smallest absolute Gasteiger partial charge is 0.282 e. The van der Waals surface area contributed by atoms with E-state index in [0.29, 0.717) is 5.69 Å². The Balaban J connectivity index is 2.35. The van der Waals surface area contributed by atoms with Crippen LogP contribution in [0.4, 0.5) is 11.4 Å². The van der Waals surface area contributed by atoms with Gasteiger partial charge in [0.25, 0.3) is 11.6 Å². The van der Waals surface area contributed by atoms with Crippen LogP contribution in [0.2, 0.25) is 0 Å². The Morgan fingerprint density at radius 3 is 2.50 bits per heavy atom. The summed E-state index contributed by atoms with van der Waals surface area (Å²) >= 11 is 1.42. The molecule has 6 heteroatoms. The van der Waals surface area contributed by atoms with Crippen LogP contribution in [0.3, 0.4) is 0 Å². The summed E-state index contributed by atoms with van der Waals surface area (Å²) in [7, 11) is 0. The van der Waals surface area contributed by atoms with Crippen LogP contribution in [0, 0.1) is 10.1 Å². The summed E-state index contributed by atoms with van der Waals surface area (Å²) in [5.41, 5.74) is 0.461. The predicted molar refractivity (Wildman–Crippen MR) is 79.3 cm³/mol. The number of rotatable bonds is 4. The summed E-state index contributed by atoms with van der Waals surface area (Å²) in [5, 5.41) is 13.6. The van der Waals surface area contributed by atoms with Gasteiger partial charge in [-0.05, 0) is 30.5 Å². The van der Waals surface area contributed by atoms with Gasteiger partial charge < -0.3 is 5.32 Å². The van der Waals surface area contributed by atoms with Gasteiger partial charge in [0, 0.05) is 16.6 Å². The Morgan fingerprint density at radius 1 is 1.20 bits per heavy atom. The number of hydrogen-bond donors (Lipinski definition) is 1. The fourth-order valence-corrected chi connectivity index (χ4v) is 2.14. The normalized spacial score (nSPS) is 10.1. The Bertz CT molecular complexity index is 644. The molecule has 20 heavy (non-hydrogen) atoms. The van der Waals surface area contributed by atoms with E-state index in [1.54, 1.807) is 30.3 Å². The average molecular weight is 288 g/mol. The molecule has 2 aromatic rings. The fraction of sp³-hybridized carbons (Fsp3) is 0.0714. The molecule has 0 saturated heterocycles. The summed E-state index contributed by atoms with van der Waals surface area (Å²) in [4.78, 5) is 23.4. The molecule has 0 spiro atoms. The van der Waals surface area contributed by atoms with Gasteiger partial charge >= 0.3 is 0 Å². The van der Waals surface area contributed by atoms with Crippen LogP contribution < -0.4 is 5.32 Å². The standard InChI is InChI=1S/C14H12N2O3S/c1-20-11-7-8-13(16(18)19)12(9-11)14(17)15-10-5-3-2-4-6-10/h2-9H,1H3,(H,15,17). The molecule has 0 fully saturated rings. The van der Waals surface area contributed by atoms with Gasteiger partial charge in [0.05, 0.1) is 4.92 Å². The first-order valence-electron chi connectivity index (χ1n) is 5.80. The average Bonchev–Trinajstić information content (AvgIpc) is 2.47. The monoisotopic (exact) mass is 288 g/mol. The van der Waals surface area contributed by atoms with Crippen molar-refractivity contribution in [2.45, 2.75) is 4.90 Å². The van der Waals surface area contributed by atoms with E-state index < -0.39 is 10.8 Å². The Kier molecular flexibility index (Phi) is 4.37. The van der Waals surface area contributed by atoms with Crippen molar-refractivity contribution in [3.8, 4) is 0 Å². The number of nitrogens with one attached hydrogen (secondary N) is 1. The van der Waals surface area contributed by atoms with E-state index in [-0.39, 0.29) is 11.3 Å². The number of amides is 1. The number of nitro groups is 1. The topological polar surface area (TPSA) is 72.2 Å². The van der Waals surface area contributed by atoms with Gasteiger partial charge in [0.2, 0.25) is 0 Å². The highest BCUT2D eigenvalue weighted by atomic mass is 32.2. The van der Waals surface area contributed by atoms with Crippen LogP contribution in [0.1, 0.15) is 10.4 Å². The second-order valence-corrected chi connectivity index (χ2v) is 4.84. The first-order chi connectivity index (χ1) is 9.61. The summed E-state index contributed by atoms with van der Waals surface area (Å²) in [6.07, 6.45) is 1.85. The minimum atomic E-state index is -0.552. The van der Waals surface area contributed by atoms with Gasteiger partial charge in [-0.25, -0.2) is 0 Å². The highest BCUT2D eigenvalue weighted by molar-refractivity contribution is 7.98. The number of carbonyl (C=O) groups excluding carboxylic acids is 1. The molecule has 0 unspecified atom stereocenters. The maximum atomic E-state index is 12.2. The summed E-state index contributed by atoms with van der Waals surface area (Å²) in [5.74, 6) is -0.487. The van der Waals surface area contributed by atoms with Gasteiger partial charge in [0.15, 0.2) is 0 Å². The van der Waals surface area contributed by atoms with Crippen LogP contribution in [-0.2, 0) is 0 Å². The number of benzene rings is 2. The summed E-state index contributed by atoms with van der Waals surface area (Å²) in [6, 6.07) is 13.3. The van der Waals surface area contributed by atoms with Crippen molar-refractivity contribution in [2.24, 2.45) is 0 Å². The number of thioether (sulfide) groups is 1. The molecule has 102 valence electrons. The number of hydrogen-bond acceptors (Lipinski definition) is 4. The number of anilines is 1. The zero-order valence-corrected chi connectivity index (χ0v) is 11.5. The van der Waals surface area contributed by atoms with Crippen LogP contribution in [-0.4, -0.2) is 17.1 Å². The van der Waals surface area contributed by atoms with Gasteiger partial charge in [-0.15, -0.1) is 11.8 Å². The Hall–Kier alpha value is -2.34. The summed E-state index contributed by atoms with van der Waals surface area (Å²) in [6.45, 7) is 0. The molecule has 0 bridgehead atoms. The molecule has 0 aliphatic heterocycles. The quantitative estimate of drug-likeness (QED) is 0.530. The highest BCUT2D eigenvalue weighted by Crippen LogP contribution is 2.25. The maximum absolute atomic E-state index is 12.2. The molecular weight excluding hydrogens is 276 g/mol. The van der Waals surface area contributed by atoms with Crippen molar-refractivity contribution in [3.05, 3.63) is 64.2 Å². The largest absolute Gasteiger partial charge is 0.322 e. The molecule has 2 aromatic carbocycles. The number of nitrogens with zero attached hydrogens (tertiary/aromatic N) is 1. The fourth-order valence-electron chi connectivity index (χ4n) is 1.70. The van der Waals surface area contributed by atoms with Gasteiger partial charge in [-0.1, -0.05) is 18.2 Å². The lowest BCUT2D eigenvalue weighted by Crippen LogP contribution is -2.14. The maximum Gasteiger partial charge on any atom is 0.282 e. The molecule has 0 aliphatic rings. The zero-order chi connectivity index (χ0) is 14.5. The lowest BCUT2D eigenvalue weighted by Gasteiger charge is -2.07. The third kappa shape index (κ3) is 3.16. The first-order valence-corrected chi connectivity index (χ1v) is 7.03. The van der Waals surface area contributed by atoms with Crippen molar-refractivity contribution in [1.29, 1.82) is 0 Å². The van der Waals surface area contributed by atoms with Crippen molar-refractivity contribution >= 4 is 29.0 Å². The molecule has 0 radical (unpaired) electrons. The zero-order valence-electron chi connectivity index (χ0n) is 10.7. The van der Waals surface area contributed by atoms with Crippen molar-refractivity contribution in [1.82, 2.24) is 0 Å². The van der Waals surface area contributed by atoms with E-state index in [0.717, 1.165) is 4.90 Å². The lowest BCUT2D eigenvalue weighted by molar-refractivity contribution is -0.385. The second kappa shape index (κ2) is 6.21. The summed E-state index contributed by atoms with van der Waals surface area (Å²) < 4.78 is 0. The number of nitro benzene ring substituents is 1. The Morgan fingerprint density at radius 2 is 1.90 bits per heavy atom. The SMILES string of the molecule is CSc1ccc([N+](=O)[O-])c(C(=O)Nc2ccccc2)c1. The third-order valence-corrected chi connectivity index (χ3v) is 3.40. The first kappa shape index (κ1) is 14.1. The lowest BCUT2D eigenvalue weighted by atomic mass is 10.1. The minimum absolute atomic E-state index is 0.0608. The molecule has 0 aliphatic carbocycles. The number of para-hydroxylation sites is 1. The van der Waals surface area contributed by atoms with E-state index >= 15 is 0 Å². The van der Waals surface area contributed by atoms with Crippen molar-refractivity contribution in [3.63, 3.8) is 0 Å². The number of carbonyl (C=O) groups is 1. The van der Waals surface area contributed by atoms with E-state index in [9.17, 15) is 14.9 Å². The van der Waals surface area contributed by atoms with Gasteiger partial charge in [-0.3, -0.25) is 14.9 Å². The van der Waals surface area contributed by atoms with Crippen molar-refractivity contribution < 1.29 is 9.72 Å². The highest BCUT2D eigenvalue weighted by Gasteiger charge is 2.20. The molecule has 5 nitrogen and oxygen atoms in total. The molecule has 1 amide bonds. The third-order valence-electron chi connectivity index (χ3n) is 2.68. The molecule has 0 atom stereocenters. The molecule has 2 rings (SSSR count). The predicted octanol–water partition coefficient (Wildman–Crippen LogP) is 3.57. The molecular formula is C14H12N2O3S. The van der Waals surface area contributed by atoms with Crippen LogP contribution in [0.5, 0.6) is 0 Å². The van der Waals surface area contributed by atoms with E-state index in [2.05, 4.69) is 5.32 Å². The molecule has 0 aromatic heterocycles. The van der Waals surface area contributed by atoms with E-state index in [4.69, 9.17) is 0 Å². The van der Waals surface area contributed by atoms with Gasteiger partial charge in [-0.2, -0.15) is 0 Å². The molecule has 1 N–H and O–H groups in total. The second-order valence-electron chi connectivity index (χ2n) is 3.96. The van der Waals surface area contributed by atoms with Crippen molar-refractivity contribution in [2.75, 3.05) is 11.6 Å². The molecule has 0 saturated carbocycles. The van der Waals surface area contributed by atoms with Gasteiger partial charge in [0.1, 0.15) is 5.56 Å². The minimum Gasteiger partial charge on any atom is -0.322 e. The van der Waals surface area contributed by atoms with Crippen LogP contribution in [0.25, 0.3) is 0 Å². The van der Waals surface area contributed by atoms with E-state index in [1.165, 1.54) is 23.9 Å².